The number of rotatable bonds is 12. The highest BCUT2D eigenvalue weighted by Crippen LogP contribution is 2.66. The van der Waals surface area contributed by atoms with E-state index in [2.05, 4.69) is 413 Å². The fourth-order valence-corrected chi connectivity index (χ4v) is 19.0. The molecule has 490 valence electrons. The summed E-state index contributed by atoms with van der Waals surface area (Å²) >= 11 is 0. The summed E-state index contributed by atoms with van der Waals surface area (Å²) in [5.74, 6) is 0. The van der Waals surface area contributed by atoms with Gasteiger partial charge in [-0.25, -0.2) is 0 Å². The molecule has 2 heteroatoms. The van der Waals surface area contributed by atoms with E-state index in [0.717, 1.165) is 45.3 Å². The Morgan fingerprint density at radius 1 is 0.192 bits per heavy atom. The van der Waals surface area contributed by atoms with E-state index in [0.29, 0.717) is 0 Å². The first-order valence-corrected chi connectivity index (χ1v) is 36.5. The number of aryl methyl sites for hydroxylation is 3. The van der Waals surface area contributed by atoms with Crippen molar-refractivity contribution >= 4 is 34.1 Å². The van der Waals surface area contributed by atoms with Crippen LogP contribution in [0.2, 0.25) is 0 Å². The van der Waals surface area contributed by atoms with Gasteiger partial charge in [-0.1, -0.05) is 327 Å². The van der Waals surface area contributed by atoms with Gasteiger partial charge in [0, 0.05) is 34.0 Å². The van der Waals surface area contributed by atoms with Crippen molar-refractivity contribution in [2.24, 2.45) is 0 Å². The molecular weight excluding hydrogens is 1250 g/mol. The molecule has 0 unspecified atom stereocenters. The predicted octanol–water partition coefficient (Wildman–Crippen LogP) is 26.0. The summed E-state index contributed by atoms with van der Waals surface area (Å²) in [6.45, 7) is 6.75. The van der Waals surface area contributed by atoms with Gasteiger partial charge in [0.1, 0.15) is 0 Å². The number of hydrogen-bond donors (Lipinski definition) is 0. The molecule has 0 amide bonds. The van der Waals surface area contributed by atoms with Gasteiger partial charge in [0.15, 0.2) is 0 Å². The Balaban J connectivity index is 0.765. The average molecular weight is 1330 g/mol. The molecule has 0 atom stereocenters. The summed E-state index contributed by atoms with van der Waals surface area (Å²) < 4.78 is 0. The topological polar surface area (TPSA) is 6.48 Å². The molecule has 0 saturated carbocycles. The van der Waals surface area contributed by atoms with Gasteiger partial charge >= 0.3 is 0 Å². The highest BCUT2D eigenvalue weighted by Gasteiger charge is 2.53. The third-order valence-corrected chi connectivity index (χ3v) is 23.3. The second kappa shape index (κ2) is 23.9. The van der Waals surface area contributed by atoms with Gasteiger partial charge in [-0.2, -0.15) is 0 Å². The fourth-order valence-electron chi connectivity index (χ4n) is 19.0. The van der Waals surface area contributed by atoms with Gasteiger partial charge in [0.05, 0.1) is 21.9 Å². The molecule has 16 aromatic carbocycles. The lowest BCUT2D eigenvalue weighted by atomic mass is 9.67. The van der Waals surface area contributed by atoms with Crippen molar-refractivity contribution in [2.45, 2.75) is 37.0 Å². The molecule has 0 fully saturated rings. The van der Waals surface area contributed by atoms with Crippen molar-refractivity contribution in [1.29, 1.82) is 0 Å². The van der Waals surface area contributed by atoms with E-state index in [4.69, 9.17) is 0 Å². The summed E-state index contributed by atoms with van der Waals surface area (Å²) in [7, 11) is 0. The van der Waals surface area contributed by atoms with Crippen molar-refractivity contribution in [3.05, 3.63) is 466 Å². The van der Waals surface area contributed by atoms with Crippen molar-refractivity contribution in [2.75, 3.05) is 9.80 Å². The maximum Gasteiger partial charge on any atom is 0.0726 e. The van der Waals surface area contributed by atoms with Crippen LogP contribution in [0.3, 0.4) is 0 Å². The summed E-state index contributed by atoms with van der Waals surface area (Å²) in [5.41, 5.74) is 38.6. The highest BCUT2D eigenvalue weighted by atomic mass is 15.2. The van der Waals surface area contributed by atoms with Crippen LogP contribution < -0.4 is 9.80 Å². The van der Waals surface area contributed by atoms with E-state index >= 15 is 0 Å². The van der Waals surface area contributed by atoms with Crippen molar-refractivity contribution in [3.8, 4) is 66.8 Å². The first-order valence-electron chi connectivity index (χ1n) is 36.5. The van der Waals surface area contributed by atoms with Crippen LogP contribution in [0.5, 0.6) is 0 Å². The zero-order valence-electron chi connectivity index (χ0n) is 58.3. The van der Waals surface area contributed by atoms with Gasteiger partial charge in [-0.3, -0.25) is 0 Å². The normalized spacial score (nSPS) is 13.8. The van der Waals surface area contributed by atoms with E-state index < -0.39 is 16.2 Å². The van der Waals surface area contributed by atoms with Crippen LogP contribution in [0.15, 0.2) is 382 Å². The van der Waals surface area contributed by atoms with Gasteiger partial charge < -0.3 is 9.80 Å². The van der Waals surface area contributed by atoms with E-state index in [-0.39, 0.29) is 0 Å². The highest BCUT2D eigenvalue weighted by molar-refractivity contribution is 6.02. The van der Waals surface area contributed by atoms with Gasteiger partial charge in [-0.05, 0) is 221 Å². The Morgan fingerprint density at radius 2 is 0.548 bits per heavy atom. The Labute approximate surface area is 609 Å². The lowest BCUT2D eigenvalue weighted by molar-refractivity contribution is 0.766. The van der Waals surface area contributed by atoms with Crippen molar-refractivity contribution in [1.82, 2.24) is 0 Å². The Morgan fingerprint density at radius 3 is 1.04 bits per heavy atom. The van der Waals surface area contributed by atoms with Crippen LogP contribution in [-0.2, 0) is 16.2 Å². The molecule has 4 aliphatic rings. The molecule has 0 aromatic heterocycles. The number of fused-ring (bicyclic) bond motifs is 16. The minimum Gasteiger partial charge on any atom is -0.310 e. The first kappa shape index (κ1) is 61.0. The van der Waals surface area contributed by atoms with Crippen LogP contribution in [0.25, 0.3) is 66.8 Å². The lowest BCUT2D eigenvalue weighted by Crippen LogP contribution is -2.29. The third kappa shape index (κ3) is 8.88. The van der Waals surface area contributed by atoms with Crippen LogP contribution >= 0.6 is 0 Å². The van der Waals surface area contributed by atoms with E-state index in [1.165, 1.54) is 139 Å². The molecular formula is C102H72N2. The first-order chi connectivity index (χ1) is 51.3. The molecule has 1 spiro atoms. The molecule has 16 aromatic rings. The molecule has 2 nitrogen and oxygen atoms in total. The van der Waals surface area contributed by atoms with Crippen molar-refractivity contribution < 1.29 is 0 Å². The third-order valence-electron chi connectivity index (χ3n) is 23.3. The molecule has 0 aliphatic heterocycles. The molecule has 20 rings (SSSR count). The summed E-state index contributed by atoms with van der Waals surface area (Å²) in [6, 6.07) is 144. The van der Waals surface area contributed by atoms with Crippen molar-refractivity contribution in [3.63, 3.8) is 0 Å². The number of anilines is 6. The van der Waals surface area contributed by atoms with Gasteiger partial charge in [-0.15, -0.1) is 0 Å². The molecule has 0 bridgehead atoms. The Kier molecular flexibility index (Phi) is 14.0. The largest absolute Gasteiger partial charge is 0.310 e. The lowest BCUT2D eigenvalue weighted by Gasteiger charge is -2.36. The predicted molar refractivity (Wildman–Crippen MR) is 432 cm³/mol. The fraction of sp³-hybridized carbons (Fsp3) is 0.0588. The monoisotopic (exact) mass is 1320 g/mol. The standard InChI is InChI=1S/C102H72N2/c1-67-47-56-85-87-59-54-80(65-96(87)100(94(85)61-67,73-30-11-5-12-31-73)74-32-13-6-14-33-74)103(81-55-60-88-86-57-48-68(2)62-95(86)101(97(88)66-81,75-34-15-7-16-35-75)76-36-17-8-18-37-76)79-53-58-82(69(3)63-79)71-49-51-77(52-50-71)104(78-38-25-29-72(64-78)70-27-9-4-10-28-70)98-46-26-45-93-99(98)89-41-21-24-44-92(89)102(93)90-42-22-19-39-83(90)84-40-20-23-43-91(84)102/h4-66H,1-3H3. The zero-order valence-corrected chi connectivity index (χ0v) is 58.3. The Bertz CT molecular complexity index is 5760. The van der Waals surface area contributed by atoms with E-state index in [9.17, 15) is 0 Å². The molecule has 104 heavy (non-hydrogen) atoms. The maximum atomic E-state index is 2.54. The van der Waals surface area contributed by atoms with Gasteiger partial charge in [0.2, 0.25) is 0 Å². The smallest absolute Gasteiger partial charge is 0.0726 e. The molecule has 0 heterocycles. The second-order valence-electron chi connectivity index (χ2n) is 28.7. The molecule has 0 saturated heterocycles. The zero-order chi connectivity index (χ0) is 69.3. The van der Waals surface area contributed by atoms with E-state index in [1.54, 1.807) is 0 Å². The Hall–Kier alpha value is -12.9. The minimum absolute atomic E-state index is 0.489. The quantitative estimate of drug-likeness (QED) is 0.120. The molecule has 0 N–H and O–H groups in total. The summed E-state index contributed by atoms with van der Waals surface area (Å²) in [6.07, 6.45) is 0. The maximum absolute atomic E-state index is 2.54. The van der Waals surface area contributed by atoms with Crippen LogP contribution in [0.1, 0.15) is 83.5 Å². The number of benzene rings is 16. The van der Waals surface area contributed by atoms with E-state index in [1.807, 2.05) is 0 Å². The molecule has 4 aliphatic carbocycles. The van der Waals surface area contributed by atoms with Gasteiger partial charge in [0.25, 0.3) is 0 Å². The number of nitrogens with zero attached hydrogens (tertiary/aromatic N) is 2. The SMILES string of the molecule is Cc1ccc2c(c1)C(c1ccccc1)(c1ccccc1)c1cc(N(c3ccc(-c4ccc(N(c5cccc(-c6ccccc6)c5)c5cccc6c5-c5ccccc5C65c6ccccc6-c6ccccc65)cc4)c(C)c3)c3ccc4c(c3)C(c3ccccc3)(c3ccccc3)c3cc(C)ccc3-4)ccc1-2. The summed E-state index contributed by atoms with van der Waals surface area (Å²) in [4.78, 5) is 5.04. The van der Waals surface area contributed by atoms with Crippen LogP contribution in [0, 0.1) is 20.8 Å². The second-order valence-corrected chi connectivity index (χ2v) is 28.7. The average Bonchev–Trinajstić information content (AvgIpc) is 1.51. The van der Waals surface area contributed by atoms with Crippen LogP contribution in [-0.4, -0.2) is 0 Å². The molecule has 0 radical (unpaired) electrons. The number of hydrogen-bond acceptors (Lipinski definition) is 2. The van der Waals surface area contributed by atoms with Crippen LogP contribution in [0.4, 0.5) is 34.1 Å². The minimum atomic E-state index is -0.609. The summed E-state index contributed by atoms with van der Waals surface area (Å²) in [5, 5.41) is 0.